The van der Waals surface area contributed by atoms with Crippen LogP contribution in [0.25, 0.3) is 99.2 Å². The number of fused-ring (bicyclic) bond motifs is 9. The molecule has 0 spiro atoms. The zero-order valence-corrected chi connectivity index (χ0v) is 39.2. The van der Waals surface area contributed by atoms with Crippen molar-refractivity contribution in [1.29, 1.82) is 0 Å². The van der Waals surface area contributed by atoms with E-state index >= 15 is 0 Å². The molecule has 4 heteroatoms. The van der Waals surface area contributed by atoms with Crippen LogP contribution in [0.15, 0.2) is 271 Å². The number of benzene rings is 11. The van der Waals surface area contributed by atoms with Crippen molar-refractivity contribution in [3.63, 3.8) is 0 Å². The molecular formula is C66H44N2OSi. The SMILES string of the molecule is c1ccc(-c2ccc3c(c2)c2ccc(-c4cccc5oc6ccccc6c45)cc2n3-c2ccc3c(c2)c2ccccc2n3-c2cccc([Si](c3ccccc3)(c3ccccc3)c3ccccc3)c2)cc1. The Hall–Kier alpha value is -8.96. The van der Waals surface area contributed by atoms with Crippen LogP contribution >= 0.6 is 0 Å². The van der Waals surface area contributed by atoms with Crippen LogP contribution in [0.4, 0.5) is 0 Å². The van der Waals surface area contributed by atoms with Crippen LogP contribution in [0.3, 0.4) is 0 Å². The van der Waals surface area contributed by atoms with Crippen LogP contribution in [0.2, 0.25) is 0 Å². The maximum atomic E-state index is 6.39. The molecule has 70 heavy (non-hydrogen) atoms. The average Bonchev–Trinajstić information content (AvgIpc) is 4.09. The lowest BCUT2D eigenvalue weighted by Gasteiger charge is -2.34. The summed E-state index contributed by atoms with van der Waals surface area (Å²) in [6.45, 7) is 0. The number of hydrogen-bond donors (Lipinski definition) is 0. The Morgan fingerprint density at radius 3 is 1.51 bits per heavy atom. The smallest absolute Gasteiger partial charge is 0.179 e. The topological polar surface area (TPSA) is 23.0 Å². The molecule has 0 amide bonds. The van der Waals surface area contributed by atoms with Gasteiger partial charge in [0, 0.05) is 43.7 Å². The quantitative estimate of drug-likeness (QED) is 0.110. The summed E-state index contributed by atoms with van der Waals surface area (Å²) in [4.78, 5) is 0. The minimum atomic E-state index is -2.78. The van der Waals surface area contributed by atoms with Crippen molar-refractivity contribution in [1.82, 2.24) is 9.13 Å². The zero-order chi connectivity index (χ0) is 46.2. The Morgan fingerprint density at radius 2 is 0.786 bits per heavy atom. The van der Waals surface area contributed by atoms with Gasteiger partial charge in [0.25, 0.3) is 0 Å². The molecule has 3 nitrogen and oxygen atoms in total. The normalized spacial score (nSPS) is 12.0. The summed E-state index contributed by atoms with van der Waals surface area (Å²) in [6, 6.07) is 98.3. The summed E-state index contributed by atoms with van der Waals surface area (Å²) in [5.74, 6) is 0. The van der Waals surface area contributed by atoms with Gasteiger partial charge in [-0.25, -0.2) is 0 Å². The highest BCUT2D eigenvalue weighted by molar-refractivity contribution is 7.19. The van der Waals surface area contributed by atoms with Gasteiger partial charge in [-0.2, -0.15) is 0 Å². The third-order valence-electron chi connectivity index (χ3n) is 14.7. The Labute approximate surface area is 406 Å². The van der Waals surface area contributed by atoms with E-state index < -0.39 is 8.07 Å². The van der Waals surface area contributed by atoms with Crippen molar-refractivity contribution in [2.45, 2.75) is 0 Å². The maximum Gasteiger partial charge on any atom is 0.179 e. The van der Waals surface area contributed by atoms with Crippen molar-refractivity contribution in [3.05, 3.63) is 267 Å². The second-order valence-electron chi connectivity index (χ2n) is 18.4. The molecule has 0 aliphatic heterocycles. The van der Waals surface area contributed by atoms with Crippen LogP contribution in [0.5, 0.6) is 0 Å². The highest BCUT2D eigenvalue weighted by atomic mass is 28.3. The first-order valence-corrected chi connectivity index (χ1v) is 26.1. The molecule has 0 aliphatic rings. The highest BCUT2D eigenvalue weighted by Gasteiger charge is 2.41. The van der Waals surface area contributed by atoms with E-state index in [1.807, 2.05) is 6.07 Å². The molecule has 3 aromatic heterocycles. The fourth-order valence-electron chi connectivity index (χ4n) is 11.6. The molecule has 0 N–H and O–H groups in total. The van der Waals surface area contributed by atoms with E-state index in [1.54, 1.807) is 0 Å². The van der Waals surface area contributed by atoms with E-state index in [1.165, 1.54) is 70.0 Å². The van der Waals surface area contributed by atoms with Crippen molar-refractivity contribution in [2.24, 2.45) is 0 Å². The molecule has 0 saturated heterocycles. The van der Waals surface area contributed by atoms with Gasteiger partial charge in [0.05, 0.1) is 22.1 Å². The van der Waals surface area contributed by atoms with Crippen molar-refractivity contribution in [3.8, 4) is 33.6 Å². The van der Waals surface area contributed by atoms with Gasteiger partial charge in [0.1, 0.15) is 11.2 Å². The molecule has 11 aromatic carbocycles. The van der Waals surface area contributed by atoms with E-state index in [4.69, 9.17) is 4.42 Å². The van der Waals surface area contributed by atoms with Gasteiger partial charge >= 0.3 is 0 Å². The monoisotopic (exact) mass is 908 g/mol. The van der Waals surface area contributed by atoms with Crippen molar-refractivity contribution < 1.29 is 4.42 Å². The zero-order valence-electron chi connectivity index (χ0n) is 38.2. The van der Waals surface area contributed by atoms with Gasteiger partial charge < -0.3 is 13.6 Å². The predicted octanol–water partition coefficient (Wildman–Crippen LogP) is 14.5. The van der Waals surface area contributed by atoms with Crippen LogP contribution in [0, 0.1) is 0 Å². The Kier molecular flexibility index (Phi) is 9.23. The van der Waals surface area contributed by atoms with Crippen LogP contribution in [-0.4, -0.2) is 17.2 Å². The molecule has 0 aliphatic carbocycles. The third-order valence-corrected chi connectivity index (χ3v) is 19.4. The molecule has 328 valence electrons. The summed E-state index contributed by atoms with van der Waals surface area (Å²) in [7, 11) is -2.78. The van der Waals surface area contributed by atoms with E-state index in [0.29, 0.717) is 0 Å². The number of nitrogens with zero attached hydrogens (tertiary/aromatic N) is 2. The molecule has 0 saturated carbocycles. The minimum Gasteiger partial charge on any atom is -0.456 e. The third kappa shape index (κ3) is 6.13. The van der Waals surface area contributed by atoms with Gasteiger partial charge in [0.2, 0.25) is 0 Å². The average molecular weight is 909 g/mol. The summed E-state index contributed by atoms with van der Waals surface area (Å²) >= 11 is 0. The van der Waals surface area contributed by atoms with Crippen molar-refractivity contribution in [2.75, 3.05) is 0 Å². The van der Waals surface area contributed by atoms with Crippen LogP contribution in [-0.2, 0) is 0 Å². The highest BCUT2D eigenvalue weighted by Crippen LogP contribution is 2.42. The van der Waals surface area contributed by atoms with Crippen molar-refractivity contribution >= 4 is 94.4 Å². The van der Waals surface area contributed by atoms with E-state index in [-0.39, 0.29) is 0 Å². The lowest BCUT2D eigenvalue weighted by atomic mass is 9.98. The fraction of sp³-hybridized carbons (Fsp3) is 0. The maximum absolute atomic E-state index is 6.39. The van der Waals surface area contributed by atoms with E-state index in [2.05, 4.69) is 270 Å². The lowest BCUT2D eigenvalue weighted by Crippen LogP contribution is -2.74. The molecule has 0 fully saturated rings. The molecular weight excluding hydrogens is 865 g/mol. The number of para-hydroxylation sites is 2. The number of aromatic nitrogens is 2. The minimum absolute atomic E-state index is 0.896. The predicted molar refractivity (Wildman–Crippen MR) is 297 cm³/mol. The second-order valence-corrected chi connectivity index (χ2v) is 22.2. The van der Waals surface area contributed by atoms with Gasteiger partial charge in [-0.05, 0) is 110 Å². The fourth-order valence-corrected chi connectivity index (χ4v) is 16.4. The summed E-state index contributed by atoms with van der Waals surface area (Å²) in [5.41, 5.74) is 13.4. The Bertz CT molecular complexity index is 4190. The molecule has 0 unspecified atom stereocenters. The van der Waals surface area contributed by atoms with E-state index in [9.17, 15) is 0 Å². The molecule has 14 rings (SSSR count). The van der Waals surface area contributed by atoms with Gasteiger partial charge in [-0.15, -0.1) is 0 Å². The molecule has 0 radical (unpaired) electrons. The van der Waals surface area contributed by atoms with Gasteiger partial charge in [0.15, 0.2) is 8.07 Å². The largest absolute Gasteiger partial charge is 0.456 e. The lowest BCUT2D eigenvalue weighted by molar-refractivity contribution is 0.669. The van der Waals surface area contributed by atoms with E-state index in [0.717, 1.165) is 50.0 Å². The number of furan rings is 1. The molecule has 0 bridgehead atoms. The second kappa shape index (κ2) is 16.1. The molecule has 3 heterocycles. The Morgan fingerprint density at radius 1 is 0.271 bits per heavy atom. The first-order valence-electron chi connectivity index (χ1n) is 24.1. The Balaban J connectivity index is 0.994. The standard InChI is InChI=1S/C66H44N2OSi/c1-5-19-45(20-6-1)46-36-39-61-58(41-46)56-38-35-47(54-31-18-34-65-66(54)57-30-14-16-33-64(57)69-65)42-63(56)68(61)49-37-40-62-59(44-49)55-29-13-15-32-60(55)67(62)48-21-17-28-53(43-48)70(50-22-7-2-8-23-50,51-24-9-3-10-25-51)52-26-11-4-12-27-52/h1-44H. The first-order chi connectivity index (χ1) is 34.7. The summed E-state index contributed by atoms with van der Waals surface area (Å²) < 4.78 is 11.3. The summed E-state index contributed by atoms with van der Waals surface area (Å²) in [6.07, 6.45) is 0. The summed E-state index contributed by atoms with van der Waals surface area (Å²) in [5, 5.41) is 12.5. The van der Waals surface area contributed by atoms with Gasteiger partial charge in [-0.3, -0.25) is 0 Å². The molecule has 0 atom stereocenters. The number of hydrogen-bond acceptors (Lipinski definition) is 1. The van der Waals surface area contributed by atoms with Crippen LogP contribution < -0.4 is 20.7 Å². The van der Waals surface area contributed by atoms with Crippen LogP contribution in [0.1, 0.15) is 0 Å². The van der Waals surface area contributed by atoms with Gasteiger partial charge in [-0.1, -0.05) is 200 Å². The molecule has 14 aromatic rings. The first kappa shape index (κ1) is 40.1. The number of rotatable bonds is 8.